The Hall–Kier alpha value is -3.68. The van der Waals surface area contributed by atoms with Crippen molar-refractivity contribution in [3.05, 3.63) is 93.3 Å². The van der Waals surface area contributed by atoms with Gasteiger partial charge < -0.3 is 15.0 Å². The Labute approximate surface area is 196 Å². The molecule has 4 heterocycles. The largest absolute Gasteiger partial charge is 0.496 e. The molecule has 1 aromatic carbocycles. The fourth-order valence-electron chi connectivity index (χ4n) is 4.02. The molecule has 0 saturated heterocycles. The number of hydrogen-bond donors (Lipinski definition) is 2. The average Bonchev–Trinajstić information content (AvgIpc) is 2.84. The van der Waals surface area contributed by atoms with Crippen LogP contribution in [0.2, 0.25) is 0 Å². The maximum atomic E-state index is 12.9. The Morgan fingerprint density at radius 2 is 1.82 bits per heavy atom. The normalized spacial score (nSPS) is 13.3. The van der Waals surface area contributed by atoms with Crippen LogP contribution < -0.4 is 21.2 Å². The SMILES string of the molecule is COc1cc(-c2cc[nH]c(=O)c2)ccc1-c1cc(=O)n2cc(C3=CCNCC3)ccc2n1.Cl. The number of benzene rings is 1. The van der Waals surface area contributed by atoms with E-state index in [4.69, 9.17) is 9.72 Å². The summed E-state index contributed by atoms with van der Waals surface area (Å²) in [5.74, 6) is 0.579. The fraction of sp³-hybridized carbons (Fsp3) is 0.160. The Morgan fingerprint density at radius 3 is 2.58 bits per heavy atom. The van der Waals surface area contributed by atoms with Crippen LogP contribution >= 0.6 is 12.4 Å². The molecule has 0 unspecified atom stereocenters. The van der Waals surface area contributed by atoms with Crippen LogP contribution in [0.1, 0.15) is 12.0 Å². The number of fused-ring (bicyclic) bond motifs is 1. The molecule has 1 aliphatic heterocycles. The first-order valence-electron chi connectivity index (χ1n) is 10.4. The number of aromatic amines is 1. The predicted molar refractivity (Wildman–Crippen MR) is 132 cm³/mol. The number of rotatable bonds is 4. The van der Waals surface area contributed by atoms with Crippen LogP contribution in [0.15, 0.2) is 76.6 Å². The lowest BCUT2D eigenvalue weighted by atomic mass is 10.0. The molecule has 5 rings (SSSR count). The first-order chi connectivity index (χ1) is 15.6. The lowest BCUT2D eigenvalue weighted by Crippen LogP contribution is -2.20. The zero-order valence-corrected chi connectivity index (χ0v) is 18.8. The average molecular weight is 463 g/mol. The van der Waals surface area contributed by atoms with Gasteiger partial charge in [0.1, 0.15) is 11.4 Å². The summed E-state index contributed by atoms with van der Waals surface area (Å²) >= 11 is 0. The highest BCUT2D eigenvalue weighted by Gasteiger charge is 2.13. The zero-order valence-electron chi connectivity index (χ0n) is 18.0. The van der Waals surface area contributed by atoms with Gasteiger partial charge in [0, 0.05) is 36.6 Å². The molecule has 168 valence electrons. The summed E-state index contributed by atoms with van der Waals surface area (Å²) in [5, 5.41) is 3.30. The quantitative estimate of drug-likeness (QED) is 0.484. The molecule has 0 aliphatic carbocycles. The van der Waals surface area contributed by atoms with Crippen LogP contribution in [0.4, 0.5) is 0 Å². The maximum Gasteiger partial charge on any atom is 0.258 e. The standard InChI is InChI=1S/C25H22N4O3.ClH/c1-32-22-12-17(18-8-11-27-24(30)13-18)2-4-20(22)21-14-25(31)29-15-19(3-5-23(29)28-21)16-6-9-26-10-7-16;/h2-6,8,11-15,26H,7,9-10H2,1H3,(H,27,30);1H. The van der Waals surface area contributed by atoms with Crippen LogP contribution in [-0.4, -0.2) is 34.6 Å². The van der Waals surface area contributed by atoms with Crippen molar-refractivity contribution >= 4 is 23.6 Å². The number of hydrogen-bond acceptors (Lipinski definition) is 5. The van der Waals surface area contributed by atoms with E-state index in [1.165, 1.54) is 17.7 Å². The molecule has 4 aromatic rings. The van der Waals surface area contributed by atoms with Gasteiger partial charge in [0.15, 0.2) is 0 Å². The van der Waals surface area contributed by atoms with Gasteiger partial charge in [0.2, 0.25) is 5.56 Å². The summed E-state index contributed by atoms with van der Waals surface area (Å²) in [4.78, 5) is 31.9. The summed E-state index contributed by atoms with van der Waals surface area (Å²) in [6, 6.07) is 14.4. The highest BCUT2D eigenvalue weighted by atomic mass is 35.5. The summed E-state index contributed by atoms with van der Waals surface area (Å²) in [6.07, 6.45) is 6.56. The van der Waals surface area contributed by atoms with E-state index < -0.39 is 0 Å². The van der Waals surface area contributed by atoms with E-state index >= 15 is 0 Å². The fourth-order valence-corrected chi connectivity index (χ4v) is 4.02. The molecule has 3 aromatic heterocycles. The first-order valence-corrected chi connectivity index (χ1v) is 10.4. The van der Waals surface area contributed by atoms with Gasteiger partial charge >= 0.3 is 0 Å². The molecule has 1 aliphatic rings. The summed E-state index contributed by atoms with van der Waals surface area (Å²) in [7, 11) is 1.58. The second-order valence-corrected chi connectivity index (χ2v) is 7.67. The Balaban J connectivity index is 0.00000259. The number of ether oxygens (including phenoxy) is 1. The molecule has 0 spiro atoms. The van der Waals surface area contributed by atoms with Gasteiger partial charge in [0.25, 0.3) is 5.56 Å². The number of pyridine rings is 2. The second-order valence-electron chi connectivity index (χ2n) is 7.67. The molecule has 0 radical (unpaired) electrons. The van der Waals surface area contributed by atoms with Gasteiger partial charge in [0.05, 0.1) is 12.8 Å². The third-order valence-corrected chi connectivity index (χ3v) is 5.68. The Morgan fingerprint density at radius 1 is 1.00 bits per heavy atom. The number of methoxy groups -OCH3 is 1. The number of nitrogens with zero attached hydrogens (tertiary/aromatic N) is 2. The molecular formula is C25H23ClN4O3. The zero-order chi connectivity index (χ0) is 22.1. The number of halogens is 1. The Kier molecular flexibility index (Phi) is 6.44. The van der Waals surface area contributed by atoms with Crippen molar-refractivity contribution < 1.29 is 4.74 Å². The topological polar surface area (TPSA) is 88.5 Å². The molecule has 0 fully saturated rings. The van der Waals surface area contributed by atoms with Crippen molar-refractivity contribution in [2.24, 2.45) is 0 Å². The van der Waals surface area contributed by atoms with Gasteiger partial charge in [-0.05, 0) is 65.6 Å². The van der Waals surface area contributed by atoms with Gasteiger partial charge in [-0.15, -0.1) is 12.4 Å². The van der Waals surface area contributed by atoms with Crippen molar-refractivity contribution in [1.29, 1.82) is 0 Å². The summed E-state index contributed by atoms with van der Waals surface area (Å²) < 4.78 is 7.18. The minimum atomic E-state index is -0.172. The minimum absolute atomic E-state index is 0. The monoisotopic (exact) mass is 462 g/mol. The molecule has 0 amide bonds. The lowest BCUT2D eigenvalue weighted by molar-refractivity contribution is 0.416. The molecule has 0 atom stereocenters. The highest BCUT2D eigenvalue weighted by molar-refractivity contribution is 5.85. The second kappa shape index (κ2) is 9.44. The van der Waals surface area contributed by atoms with Gasteiger partial charge in [-0.25, -0.2) is 4.98 Å². The van der Waals surface area contributed by atoms with Crippen molar-refractivity contribution in [2.75, 3.05) is 20.2 Å². The highest BCUT2D eigenvalue weighted by Crippen LogP contribution is 2.33. The number of H-pyrrole nitrogens is 1. The van der Waals surface area contributed by atoms with E-state index in [9.17, 15) is 9.59 Å². The van der Waals surface area contributed by atoms with Crippen LogP contribution in [0, 0.1) is 0 Å². The molecule has 0 bridgehead atoms. The van der Waals surface area contributed by atoms with Crippen LogP contribution in [0.3, 0.4) is 0 Å². The van der Waals surface area contributed by atoms with E-state index in [0.29, 0.717) is 22.7 Å². The molecule has 8 heteroatoms. The molecule has 2 N–H and O–H groups in total. The Bertz CT molecular complexity index is 1470. The lowest BCUT2D eigenvalue weighted by Gasteiger charge is -2.15. The van der Waals surface area contributed by atoms with E-state index in [-0.39, 0.29) is 23.5 Å². The molecule has 7 nitrogen and oxygen atoms in total. The maximum absolute atomic E-state index is 12.9. The minimum Gasteiger partial charge on any atom is -0.496 e. The third kappa shape index (κ3) is 4.46. The van der Waals surface area contributed by atoms with Gasteiger partial charge in [-0.1, -0.05) is 12.1 Å². The van der Waals surface area contributed by atoms with Crippen molar-refractivity contribution in [3.8, 4) is 28.1 Å². The summed E-state index contributed by atoms with van der Waals surface area (Å²) in [5.41, 5.74) is 5.40. The van der Waals surface area contributed by atoms with E-state index in [0.717, 1.165) is 36.2 Å². The van der Waals surface area contributed by atoms with Crippen molar-refractivity contribution in [3.63, 3.8) is 0 Å². The first kappa shape index (κ1) is 22.5. The van der Waals surface area contributed by atoms with E-state index in [1.54, 1.807) is 17.7 Å². The number of aromatic nitrogens is 3. The smallest absolute Gasteiger partial charge is 0.258 e. The van der Waals surface area contributed by atoms with E-state index in [2.05, 4.69) is 16.4 Å². The van der Waals surface area contributed by atoms with Gasteiger partial charge in [-0.3, -0.25) is 14.0 Å². The summed E-state index contributed by atoms with van der Waals surface area (Å²) in [6.45, 7) is 1.77. The number of nitrogens with one attached hydrogen (secondary N) is 2. The van der Waals surface area contributed by atoms with Crippen LogP contribution in [0.5, 0.6) is 5.75 Å². The molecular weight excluding hydrogens is 440 g/mol. The van der Waals surface area contributed by atoms with Crippen molar-refractivity contribution in [2.45, 2.75) is 6.42 Å². The molecule has 0 saturated carbocycles. The molecule has 33 heavy (non-hydrogen) atoms. The third-order valence-electron chi connectivity index (χ3n) is 5.68. The van der Waals surface area contributed by atoms with E-state index in [1.807, 2.05) is 42.6 Å². The van der Waals surface area contributed by atoms with Gasteiger partial charge in [-0.2, -0.15) is 0 Å². The predicted octanol–water partition coefficient (Wildman–Crippen LogP) is 3.52. The van der Waals surface area contributed by atoms with Crippen LogP contribution in [-0.2, 0) is 0 Å². The van der Waals surface area contributed by atoms with Crippen LogP contribution in [0.25, 0.3) is 33.6 Å². The van der Waals surface area contributed by atoms with Crippen molar-refractivity contribution in [1.82, 2.24) is 19.7 Å².